The van der Waals surface area contributed by atoms with Crippen molar-refractivity contribution in [3.8, 4) is 5.75 Å². The van der Waals surface area contributed by atoms with Gasteiger partial charge in [0.05, 0.1) is 9.92 Å². The number of hydrogen-bond donors (Lipinski definition) is 2. The van der Waals surface area contributed by atoms with Gasteiger partial charge in [-0.3, -0.25) is 0 Å². The smallest absolute Gasteiger partial charge is 0.387 e. The van der Waals surface area contributed by atoms with E-state index in [9.17, 15) is 17.2 Å². The van der Waals surface area contributed by atoms with Crippen molar-refractivity contribution in [3.63, 3.8) is 0 Å². The first-order valence-electron chi connectivity index (χ1n) is 6.25. The molecule has 118 valence electrons. The van der Waals surface area contributed by atoms with Gasteiger partial charge in [0.25, 0.3) is 0 Å². The van der Waals surface area contributed by atoms with Crippen LogP contribution >= 0.6 is 11.6 Å². The normalized spacial score (nSPS) is 17.6. The number of halogens is 3. The molecule has 2 rings (SSSR count). The Hall–Kier alpha value is -0.960. The lowest BCUT2D eigenvalue weighted by molar-refractivity contribution is -0.0498. The van der Waals surface area contributed by atoms with E-state index in [2.05, 4.69) is 9.46 Å². The molecular weight excluding hydrogens is 326 g/mol. The van der Waals surface area contributed by atoms with Gasteiger partial charge in [0.15, 0.2) is 0 Å². The second-order valence-corrected chi connectivity index (χ2v) is 7.19. The van der Waals surface area contributed by atoms with Crippen LogP contribution in [0.4, 0.5) is 8.78 Å². The molecule has 1 fully saturated rings. The van der Waals surface area contributed by atoms with Gasteiger partial charge in [-0.05, 0) is 37.5 Å². The van der Waals surface area contributed by atoms with Crippen molar-refractivity contribution in [2.45, 2.75) is 36.3 Å². The van der Waals surface area contributed by atoms with Crippen LogP contribution in [0, 0.1) is 0 Å². The van der Waals surface area contributed by atoms with Gasteiger partial charge >= 0.3 is 6.61 Å². The van der Waals surface area contributed by atoms with E-state index in [-0.39, 0.29) is 22.2 Å². The average molecular weight is 341 g/mol. The van der Waals surface area contributed by atoms with Gasteiger partial charge in [-0.15, -0.1) is 0 Å². The van der Waals surface area contributed by atoms with E-state index in [4.69, 9.17) is 17.3 Å². The minimum absolute atomic E-state index is 0.127. The summed E-state index contributed by atoms with van der Waals surface area (Å²) in [6.45, 7) is -2.90. The molecule has 0 saturated heterocycles. The Morgan fingerprint density at radius 1 is 1.43 bits per heavy atom. The average Bonchev–Trinajstić information content (AvgIpc) is 2.36. The third-order valence-corrected chi connectivity index (χ3v) is 5.09. The molecule has 21 heavy (non-hydrogen) atoms. The fourth-order valence-electron chi connectivity index (χ4n) is 1.97. The molecule has 1 aliphatic carbocycles. The number of sulfonamides is 1. The molecule has 0 aliphatic heterocycles. The van der Waals surface area contributed by atoms with Crippen LogP contribution in [-0.2, 0) is 10.0 Å². The molecule has 0 amide bonds. The van der Waals surface area contributed by atoms with Crippen LogP contribution < -0.4 is 15.2 Å². The number of nitrogens with one attached hydrogen (secondary N) is 1. The molecule has 1 aliphatic rings. The molecule has 3 N–H and O–H groups in total. The quantitative estimate of drug-likeness (QED) is 0.831. The summed E-state index contributed by atoms with van der Waals surface area (Å²) in [4.78, 5) is -0.128. The zero-order chi connectivity index (χ0) is 15.7. The van der Waals surface area contributed by atoms with E-state index in [1.54, 1.807) is 0 Å². The van der Waals surface area contributed by atoms with E-state index in [1.165, 1.54) is 0 Å². The summed E-state index contributed by atoms with van der Waals surface area (Å²) in [5.41, 5.74) is 5.44. The minimum Gasteiger partial charge on any atom is -0.433 e. The Bertz CT molecular complexity index is 621. The standard InChI is InChI=1S/C12H15ClF2N2O3S/c13-9-6-8(2-3-10(9)20-11(14)15)21(18,19)17-7-12(16)4-1-5-12/h2-3,6,11,17H,1,4-5,7,16H2. The van der Waals surface area contributed by atoms with E-state index < -0.39 is 22.2 Å². The Kier molecular flexibility index (Phi) is 4.72. The van der Waals surface area contributed by atoms with Crippen molar-refractivity contribution >= 4 is 21.6 Å². The third kappa shape index (κ3) is 4.03. The summed E-state index contributed by atoms with van der Waals surface area (Å²) >= 11 is 5.73. The first kappa shape index (κ1) is 16.4. The van der Waals surface area contributed by atoms with Crippen LogP contribution in [0.3, 0.4) is 0 Å². The van der Waals surface area contributed by atoms with Crippen molar-refractivity contribution in [2.24, 2.45) is 5.73 Å². The molecule has 0 bridgehead atoms. The number of nitrogens with two attached hydrogens (primary N) is 1. The second-order valence-electron chi connectivity index (χ2n) is 5.01. The van der Waals surface area contributed by atoms with Crippen LogP contribution in [0.25, 0.3) is 0 Å². The van der Waals surface area contributed by atoms with Crippen LogP contribution in [0.1, 0.15) is 19.3 Å². The number of ether oxygens (including phenoxy) is 1. The van der Waals surface area contributed by atoms with Crippen molar-refractivity contribution < 1.29 is 21.9 Å². The Morgan fingerprint density at radius 3 is 2.57 bits per heavy atom. The molecule has 0 spiro atoms. The van der Waals surface area contributed by atoms with Gasteiger partial charge in [0, 0.05) is 12.1 Å². The highest BCUT2D eigenvalue weighted by Crippen LogP contribution is 2.30. The Labute approximate surface area is 126 Å². The van der Waals surface area contributed by atoms with E-state index >= 15 is 0 Å². The molecule has 9 heteroatoms. The second kappa shape index (κ2) is 6.04. The maximum absolute atomic E-state index is 12.1. The third-order valence-electron chi connectivity index (χ3n) is 3.39. The zero-order valence-corrected chi connectivity index (χ0v) is 12.6. The highest BCUT2D eigenvalue weighted by atomic mass is 35.5. The lowest BCUT2D eigenvalue weighted by atomic mass is 9.78. The molecule has 0 radical (unpaired) electrons. The SMILES string of the molecule is NC1(CNS(=O)(=O)c2ccc(OC(F)F)c(Cl)c2)CCC1. The van der Waals surface area contributed by atoms with Gasteiger partial charge in [0.2, 0.25) is 10.0 Å². The predicted octanol–water partition coefficient (Wildman–Crippen LogP) is 2.10. The maximum atomic E-state index is 12.1. The molecule has 1 aromatic rings. The lowest BCUT2D eigenvalue weighted by Crippen LogP contribution is -2.54. The molecule has 0 aromatic heterocycles. The summed E-state index contributed by atoms with van der Waals surface area (Å²) in [5.74, 6) is -0.278. The molecule has 1 saturated carbocycles. The highest BCUT2D eigenvalue weighted by molar-refractivity contribution is 7.89. The number of benzene rings is 1. The van der Waals surface area contributed by atoms with E-state index in [0.717, 1.165) is 37.5 Å². The van der Waals surface area contributed by atoms with E-state index in [1.807, 2.05) is 0 Å². The maximum Gasteiger partial charge on any atom is 0.387 e. The molecular formula is C12H15ClF2N2O3S. The number of hydrogen-bond acceptors (Lipinski definition) is 4. The monoisotopic (exact) mass is 340 g/mol. The molecule has 1 aromatic carbocycles. The highest BCUT2D eigenvalue weighted by Gasteiger charge is 2.33. The van der Waals surface area contributed by atoms with Crippen LogP contribution in [-0.4, -0.2) is 27.1 Å². The van der Waals surface area contributed by atoms with Gasteiger partial charge in [-0.2, -0.15) is 8.78 Å². The number of rotatable bonds is 6. The Balaban J connectivity index is 2.10. The fraction of sp³-hybridized carbons (Fsp3) is 0.500. The van der Waals surface area contributed by atoms with Gasteiger partial charge in [-0.1, -0.05) is 11.6 Å². The van der Waals surface area contributed by atoms with Gasteiger partial charge in [0.1, 0.15) is 5.75 Å². The summed E-state index contributed by atoms with van der Waals surface area (Å²) in [7, 11) is -3.79. The van der Waals surface area contributed by atoms with Crippen molar-refractivity contribution in [3.05, 3.63) is 23.2 Å². The molecule has 0 unspecified atom stereocenters. The summed E-state index contributed by atoms with van der Waals surface area (Å²) in [6, 6.07) is 3.30. The van der Waals surface area contributed by atoms with Gasteiger partial charge in [-0.25, -0.2) is 13.1 Å². The van der Waals surface area contributed by atoms with Crippen molar-refractivity contribution in [1.29, 1.82) is 0 Å². The lowest BCUT2D eigenvalue weighted by Gasteiger charge is -2.38. The number of alkyl halides is 2. The fourth-order valence-corrected chi connectivity index (χ4v) is 3.42. The van der Waals surface area contributed by atoms with Crippen LogP contribution in [0.5, 0.6) is 5.75 Å². The van der Waals surface area contributed by atoms with Crippen molar-refractivity contribution in [2.75, 3.05) is 6.54 Å². The van der Waals surface area contributed by atoms with Gasteiger partial charge < -0.3 is 10.5 Å². The largest absolute Gasteiger partial charge is 0.433 e. The molecule has 0 atom stereocenters. The zero-order valence-electron chi connectivity index (χ0n) is 11.0. The molecule has 0 heterocycles. The minimum atomic E-state index is -3.79. The molecule has 5 nitrogen and oxygen atoms in total. The van der Waals surface area contributed by atoms with Crippen molar-refractivity contribution in [1.82, 2.24) is 4.72 Å². The van der Waals surface area contributed by atoms with E-state index in [0.29, 0.717) is 0 Å². The summed E-state index contributed by atoms with van der Waals surface area (Å²) in [5, 5.41) is -0.204. The first-order valence-corrected chi connectivity index (χ1v) is 8.11. The summed E-state index contributed by atoms with van der Waals surface area (Å²) in [6.07, 6.45) is 2.50. The first-order chi connectivity index (χ1) is 9.72. The predicted molar refractivity (Wildman–Crippen MR) is 74.0 cm³/mol. The summed E-state index contributed by atoms with van der Waals surface area (Å²) < 4.78 is 55.0. The van der Waals surface area contributed by atoms with Crippen LogP contribution in [0.15, 0.2) is 23.1 Å². The van der Waals surface area contributed by atoms with Crippen LogP contribution in [0.2, 0.25) is 5.02 Å². The topological polar surface area (TPSA) is 81.4 Å². The Morgan fingerprint density at radius 2 is 2.10 bits per heavy atom.